The monoisotopic (exact) mass is 275 g/mol. The molecule has 0 aromatic heterocycles. The van der Waals surface area contributed by atoms with Gasteiger partial charge < -0.3 is 19.3 Å². The van der Waals surface area contributed by atoms with E-state index in [0.29, 0.717) is 25.9 Å². The molecule has 0 aliphatic carbocycles. The Balaban J connectivity index is 2.61. The van der Waals surface area contributed by atoms with Gasteiger partial charge in [0.25, 0.3) is 0 Å². The first-order valence-corrected chi connectivity index (χ1v) is 7.08. The summed E-state index contributed by atoms with van der Waals surface area (Å²) >= 11 is 0. The molecule has 0 aromatic carbocycles. The molecule has 2 unspecified atom stereocenters. The topological polar surface area (TPSA) is 51.2 Å². The third-order valence-corrected chi connectivity index (χ3v) is 3.89. The fourth-order valence-electron chi connectivity index (χ4n) is 2.65. The summed E-state index contributed by atoms with van der Waals surface area (Å²) in [5.41, 5.74) is -0.131. The molecule has 5 nitrogen and oxygen atoms in total. The lowest BCUT2D eigenvalue weighted by molar-refractivity contribution is -0.0664. The Kier molecular flexibility index (Phi) is 7.87. The van der Waals surface area contributed by atoms with Crippen molar-refractivity contribution in [2.75, 3.05) is 60.3 Å². The molecule has 1 fully saturated rings. The van der Waals surface area contributed by atoms with Gasteiger partial charge in [0.2, 0.25) is 0 Å². The largest absolute Gasteiger partial charge is 0.396 e. The maximum absolute atomic E-state index is 9.76. The van der Waals surface area contributed by atoms with E-state index < -0.39 is 0 Å². The van der Waals surface area contributed by atoms with E-state index >= 15 is 0 Å². The molecule has 19 heavy (non-hydrogen) atoms. The molecule has 1 heterocycles. The van der Waals surface area contributed by atoms with Gasteiger partial charge in [0, 0.05) is 45.4 Å². The van der Waals surface area contributed by atoms with Crippen LogP contribution in [0.15, 0.2) is 0 Å². The van der Waals surface area contributed by atoms with E-state index in [9.17, 15) is 5.11 Å². The second-order valence-electron chi connectivity index (χ2n) is 5.58. The molecule has 1 saturated heterocycles. The van der Waals surface area contributed by atoms with Crippen LogP contribution in [-0.2, 0) is 14.2 Å². The number of aliphatic hydroxyl groups is 1. The fourth-order valence-corrected chi connectivity index (χ4v) is 2.65. The van der Waals surface area contributed by atoms with E-state index in [1.165, 1.54) is 0 Å². The van der Waals surface area contributed by atoms with E-state index in [1.807, 2.05) is 0 Å². The highest BCUT2D eigenvalue weighted by Gasteiger charge is 2.35. The van der Waals surface area contributed by atoms with Gasteiger partial charge in [-0.3, -0.25) is 4.90 Å². The summed E-state index contributed by atoms with van der Waals surface area (Å²) in [6.45, 7) is 6.84. The number of rotatable bonds is 9. The maximum Gasteiger partial charge on any atom is 0.0615 e. The van der Waals surface area contributed by atoms with Crippen molar-refractivity contribution in [1.82, 2.24) is 4.90 Å². The number of hydrogen-bond donors (Lipinski definition) is 1. The van der Waals surface area contributed by atoms with Crippen LogP contribution in [0.2, 0.25) is 0 Å². The average molecular weight is 275 g/mol. The number of hydrogen-bond acceptors (Lipinski definition) is 5. The Morgan fingerprint density at radius 1 is 1.37 bits per heavy atom. The molecule has 1 aliphatic rings. The zero-order valence-electron chi connectivity index (χ0n) is 12.6. The second-order valence-corrected chi connectivity index (χ2v) is 5.58. The fraction of sp³-hybridized carbons (Fsp3) is 1.00. The van der Waals surface area contributed by atoms with Crippen molar-refractivity contribution in [1.29, 1.82) is 0 Å². The predicted octanol–water partition coefficient (Wildman–Crippen LogP) is 0.759. The number of methoxy groups -OCH3 is 2. The molecular weight excluding hydrogens is 246 g/mol. The summed E-state index contributed by atoms with van der Waals surface area (Å²) in [4.78, 5) is 2.33. The Hall–Kier alpha value is -0.200. The first-order valence-electron chi connectivity index (χ1n) is 7.08. The number of aliphatic hydroxyl groups excluding tert-OH is 1. The van der Waals surface area contributed by atoms with E-state index in [1.54, 1.807) is 14.2 Å². The molecule has 0 radical (unpaired) electrons. The van der Waals surface area contributed by atoms with Gasteiger partial charge in [-0.05, 0) is 19.8 Å². The molecule has 0 spiro atoms. The van der Waals surface area contributed by atoms with E-state index in [0.717, 1.165) is 32.5 Å². The van der Waals surface area contributed by atoms with Gasteiger partial charge in [0.15, 0.2) is 0 Å². The van der Waals surface area contributed by atoms with Crippen molar-refractivity contribution >= 4 is 0 Å². The number of ether oxygens (including phenoxy) is 3. The summed E-state index contributed by atoms with van der Waals surface area (Å²) < 4.78 is 16.0. The zero-order chi connectivity index (χ0) is 14.1. The predicted molar refractivity (Wildman–Crippen MR) is 74.4 cm³/mol. The van der Waals surface area contributed by atoms with Crippen LogP contribution < -0.4 is 0 Å². The van der Waals surface area contributed by atoms with Crippen LogP contribution in [0, 0.1) is 5.41 Å². The summed E-state index contributed by atoms with van der Waals surface area (Å²) in [7, 11) is 3.43. The van der Waals surface area contributed by atoms with Gasteiger partial charge in [-0.1, -0.05) is 0 Å². The molecule has 0 saturated carbocycles. The van der Waals surface area contributed by atoms with E-state index in [4.69, 9.17) is 14.2 Å². The average Bonchev–Trinajstić information content (AvgIpc) is 2.44. The Morgan fingerprint density at radius 3 is 2.68 bits per heavy atom. The third-order valence-electron chi connectivity index (χ3n) is 3.89. The highest BCUT2D eigenvalue weighted by atomic mass is 16.5. The maximum atomic E-state index is 9.76. The second kappa shape index (κ2) is 8.87. The van der Waals surface area contributed by atoms with Crippen LogP contribution in [-0.4, -0.2) is 76.4 Å². The van der Waals surface area contributed by atoms with E-state index in [-0.39, 0.29) is 12.0 Å². The lowest BCUT2D eigenvalue weighted by atomic mass is 9.82. The summed E-state index contributed by atoms with van der Waals surface area (Å²) in [6, 6.07) is 0.311. The molecule has 5 heteroatoms. The molecular formula is C14H29NO4. The molecule has 1 rings (SSSR count). The van der Waals surface area contributed by atoms with Gasteiger partial charge in [0.05, 0.1) is 26.4 Å². The van der Waals surface area contributed by atoms with Crippen LogP contribution in [0.4, 0.5) is 0 Å². The lowest BCUT2D eigenvalue weighted by Crippen LogP contribution is -2.50. The van der Waals surface area contributed by atoms with Gasteiger partial charge in [0.1, 0.15) is 0 Å². The zero-order valence-corrected chi connectivity index (χ0v) is 12.6. The van der Waals surface area contributed by atoms with Crippen LogP contribution in [0.25, 0.3) is 0 Å². The van der Waals surface area contributed by atoms with Crippen LogP contribution in [0.1, 0.15) is 19.8 Å². The van der Waals surface area contributed by atoms with Crippen LogP contribution in [0.3, 0.4) is 0 Å². The lowest BCUT2D eigenvalue weighted by Gasteiger charge is -2.41. The van der Waals surface area contributed by atoms with Gasteiger partial charge in [-0.25, -0.2) is 0 Å². The molecule has 1 N–H and O–H groups in total. The molecule has 0 bridgehead atoms. The van der Waals surface area contributed by atoms with Crippen LogP contribution >= 0.6 is 0 Å². The Morgan fingerprint density at radius 2 is 2.16 bits per heavy atom. The minimum absolute atomic E-state index is 0.131. The first kappa shape index (κ1) is 16.9. The molecule has 1 aliphatic heterocycles. The van der Waals surface area contributed by atoms with Crippen molar-refractivity contribution in [3.8, 4) is 0 Å². The molecule has 114 valence electrons. The number of nitrogens with zero attached hydrogens (tertiary/aromatic N) is 1. The molecule has 2 atom stereocenters. The summed E-state index contributed by atoms with van der Waals surface area (Å²) in [5, 5.41) is 9.76. The highest BCUT2D eigenvalue weighted by Crippen LogP contribution is 2.29. The minimum atomic E-state index is -0.131. The standard InChI is InChI=1S/C14H29NO4/c1-13(9-18-3)15(6-8-17-2)10-14(11-16)5-4-7-19-12-14/h13,16H,4-12H2,1-3H3. The van der Waals surface area contributed by atoms with Gasteiger partial charge >= 0.3 is 0 Å². The normalized spacial score (nSPS) is 25.7. The first-order chi connectivity index (χ1) is 9.17. The van der Waals surface area contributed by atoms with Crippen molar-refractivity contribution in [3.63, 3.8) is 0 Å². The van der Waals surface area contributed by atoms with Crippen molar-refractivity contribution in [2.24, 2.45) is 5.41 Å². The van der Waals surface area contributed by atoms with Crippen LogP contribution in [0.5, 0.6) is 0 Å². The van der Waals surface area contributed by atoms with Crippen molar-refractivity contribution in [3.05, 3.63) is 0 Å². The van der Waals surface area contributed by atoms with Gasteiger partial charge in [-0.2, -0.15) is 0 Å². The van der Waals surface area contributed by atoms with Crippen molar-refractivity contribution < 1.29 is 19.3 Å². The summed E-state index contributed by atoms with van der Waals surface area (Å²) in [5.74, 6) is 0. The highest BCUT2D eigenvalue weighted by molar-refractivity contribution is 4.86. The van der Waals surface area contributed by atoms with Gasteiger partial charge in [-0.15, -0.1) is 0 Å². The molecule has 0 aromatic rings. The van der Waals surface area contributed by atoms with E-state index in [2.05, 4.69) is 11.8 Å². The quantitative estimate of drug-likeness (QED) is 0.673. The molecule has 0 amide bonds. The Bertz CT molecular complexity index is 231. The Labute approximate surface area is 116 Å². The third kappa shape index (κ3) is 5.36. The smallest absolute Gasteiger partial charge is 0.0615 e. The summed E-state index contributed by atoms with van der Waals surface area (Å²) in [6.07, 6.45) is 2.05. The van der Waals surface area contributed by atoms with Crippen molar-refractivity contribution in [2.45, 2.75) is 25.8 Å². The SMILES string of the molecule is COCCN(CC1(CO)CCCOC1)C(C)COC. The minimum Gasteiger partial charge on any atom is -0.396 e.